The molecular formula is C12H16ClNO2. The van der Waals surface area contributed by atoms with Crippen LogP contribution in [-0.4, -0.2) is 34.9 Å². The van der Waals surface area contributed by atoms with Crippen molar-refractivity contribution in [3.63, 3.8) is 0 Å². The predicted octanol–water partition coefficient (Wildman–Crippen LogP) is 1.64. The van der Waals surface area contributed by atoms with Gasteiger partial charge in [-0.2, -0.15) is 0 Å². The molecule has 0 radical (unpaired) electrons. The molecule has 0 heterocycles. The van der Waals surface area contributed by atoms with Gasteiger partial charge in [0.15, 0.2) is 0 Å². The van der Waals surface area contributed by atoms with E-state index in [9.17, 15) is 4.79 Å². The molecule has 0 saturated heterocycles. The molecule has 1 amide bonds. The Morgan fingerprint density at radius 2 is 2.00 bits per heavy atom. The summed E-state index contributed by atoms with van der Waals surface area (Å²) in [6, 6.07) is 9.70. The SMILES string of the molecule is O=C(CCCl)N(CCO)Cc1ccccc1. The van der Waals surface area contributed by atoms with E-state index in [-0.39, 0.29) is 12.5 Å². The first-order chi connectivity index (χ1) is 7.77. The molecule has 0 aliphatic carbocycles. The highest BCUT2D eigenvalue weighted by atomic mass is 35.5. The molecule has 88 valence electrons. The number of amides is 1. The first-order valence-electron chi connectivity index (χ1n) is 5.26. The summed E-state index contributed by atoms with van der Waals surface area (Å²) in [6.07, 6.45) is 0.314. The molecule has 0 unspecified atom stereocenters. The summed E-state index contributed by atoms with van der Waals surface area (Å²) in [6.45, 7) is 0.850. The van der Waals surface area contributed by atoms with E-state index in [4.69, 9.17) is 16.7 Å². The van der Waals surface area contributed by atoms with Gasteiger partial charge in [0, 0.05) is 25.4 Å². The standard InChI is InChI=1S/C12H16ClNO2/c13-7-6-12(16)14(8-9-15)10-11-4-2-1-3-5-11/h1-5,15H,6-10H2. The number of alkyl halides is 1. The molecule has 16 heavy (non-hydrogen) atoms. The second-order valence-electron chi connectivity index (χ2n) is 3.46. The van der Waals surface area contributed by atoms with Crippen molar-refractivity contribution in [2.75, 3.05) is 19.0 Å². The molecule has 0 saturated carbocycles. The van der Waals surface area contributed by atoms with Gasteiger partial charge in [-0.3, -0.25) is 4.79 Å². The lowest BCUT2D eigenvalue weighted by molar-refractivity contribution is -0.131. The Morgan fingerprint density at radius 1 is 1.31 bits per heavy atom. The summed E-state index contributed by atoms with van der Waals surface area (Å²) in [5.41, 5.74) is 1.05. The zero-order chi connectivity index (χ0) is 11.8. The summed E-state index contributed by atoms with van der Waals surface area (Å²) in [5, 5.41) is 8.90. The van der Waals surface area contributed by atoms with E-state index < -0.39 is 0 Å². The van der Waals surface area contributed by atoms with Gasteiger partial charge in [-0.1, -0.05) is 30.3 Å². The molecule has 0 aliphatic heterocycles. The van der Waals surface area contributed by atoms with E-state index in [1.54, 1.807) is 4.90 Å². The van der Waals surface area contributed by atoms with E-state index in [2.05, 4.69) is 0 Å². The summed E-state index contributed by atoms with van der Waals surface area (Å²) in [4.78, 5) is 13.3. The average Bonchev–Trinajstić information content (AvgIpc) is 2.30. The Bertz CT molecular complexity index is 316. The second-order valence-corrected chi connectivity index (χ2v) is 3.84. The van der Waals surface area contributed by atoms with Gasteiger partial charge in [-0.25, -0.2) is 0 Å². The molecule has 0 spiro atoms. The number of hydrogen-bond donors (Lipinski definition) is 1. The number of hydrogen-bond acceptors (Lipinski definition) is 2. The molecule has 0 bridgehead atoms. The number of nitrogens with zero attached hydrogens (tertiary/aromatic N) is 1. The summed E-state index contributed by atoms with van der Waals surface area (Å²) in [5.74, 6) is 0.295. The third kappa shape index (κ3) is 4.21. The molecule has 1 aromatic rings. The normalized spacial score (nSPS) is 10.1. The van der Waals surface area contributed by atoms with Gasteiger partial charge in [0.2, 0.25) is 5.91 Å². The summed E-state index contributed by atoms with van der Waals surface area (Å²) >= 11 is 5.53. The van der Waals surface area contributed by atoms with Crippen LogP contribution in [-0.2, 0) is 11.3 Å². The fourth-order valence-corrected chi connectivity index (χ4v) is 1.62. The van der Waals surface area contributed by atoms with Gasteiger partial charge in [-0.05, 0) is 5.56 Å². The minimum atomic E-state index is -0.0269. The van der Waals surface area contributed by atoms with Gasteiger partial charge in [0.05, 0.1) is 6.61 Å². The lowest BCUT2D eigenvalue weighted by atomic mass is 10.2. The Morgan fingerprint density at radius 3 is 2.56 bits per heavy atom. The minimum absolute atomic E-state index is 0.0205. The van der Waals surface area contributed by atoms with E-state index in [0.717, 1.165) is 5.56 Å². The number of carbonyl (C=O) groups excluding carboxylic acids is 1. The Kier molecular flexibility index (Phi) is 5.90. The third-order valence-corrected chi connectivity index (χ3v) is 2.44. The van der Waals surface area contributed by atoms with Crippen molar-refractivity contribution in [1.82, 2.24) is 4.90 Å². The van der Waals surface area contributed by atoms with Crippen LogP contribution in [0, 0.1) is 0 Å². The molecule has 1 N–H and O–H groups in total. The van der Waals surface area contributed by atoms with Gasteiger partial charge in [0.25, 0.3) is 0 Å². The lowest BCUT2D eigenvalue weighted by Gasteiger charge is -2.21. The van der Waals surface area contributed by atoms with Crippen molar-refractivity contribution in [3.8, 4) is 0 Å². The molecule has 0 aromatic heterocycles. The maximum absolute atomic E-state index is 11.7. The number of aliphatic hydroxyl groups excluding tert-OH is 1. The highest BCUT2D eigenvalue weighted by Crippen LogP contribution is 2.06. The van der Waals surface area contributed by atoms with Gasteiger partial charge in [-0.15, -0.1) is 11.6 Å². The van der Waals surface area contributed by atoms with Gasteiger partial charge in [0.1, 0.15) is 0 Å². The van der Waals surface area contributed by atoms with Crippen LogP contribution in [0.4, 0.5) is 0 Å². The van der Waals surface area contributed by atoms with E-state index >= 15 is 0 Å². The van der Waals surface area contributed by atoms with Crippen LogP contribution >= 0.6 is 11.6 Å². The zero-order valence-electron chi connectivity index (χ0n) is 9.10. The van der Waals surface area contributed by atoms with Crippen LogP contribution in [0.5, 0.6) is 0 Å². The van der Waals surface area contributed by atoms with Gasteiger partial charge < -0.3 is 10.0 Å². The molecule has 4 heteroatoms. The van der Waals surface area contributed by atoms with Crippen LogP contribution in [0.1, 0.15) is 12.0 Å². The largest absolute Gasteiger partial charge is 0.395 e. The second kappa shape index (κ2) is 7.25. The average molecular weight is 242 g/mol. The highest BCUT2D eigenvalue weighted by Gasteiger charge is 2.12. The zero-order valence-corrected chi connectivity index (χ0v) is 9.86. The van der Waals surface area contributed by atoms with Crippen LogP contribution in [0.15, 0.2) is 30.3 Å². The van der Waals surface area contributed by atoms with E-state index in [1.807, 2.05) is 30.3 Å². The molecule has 0 atom stereocenters. The number of aliphatic hydroxyl groups is 1. The topological polar surface area (TPSA) is 40.5 Å². The Balaban J connectivity index is 2.60. The van der Waals surface area contributed by atoms with Crippen LogP contribution in [0.3, 0.4) is 0 Å². The van der Waals surface area contributed by atoms with Gasteiger partial charge >= 0.3 is 0 Å². The number of carbonyl (C=O) groups is 1. The minimum Gasteiger partial charge on any atom is -0.395 e. The van der Waals surface area contributed by atoms with E-state index in [0.29, 0.717) is 25.4 Å². The van der Waals surface area contributed by atoms with Crippen molar-refractivity contribution in [2.45, 2.75) is 13.0 Å². The van der Waals surface area contributed by atoms with Crippen LogP contribution in [0.25, 0.3) is 0 Å². The Hall–Kier alpha value is -1.06. The predicted molar refractivity (Wildman–Crippen MR) is 64.3 cm³/mol. The monoisotopic (exact) mass is 241 g/mol. The van der Waals surface area contributed by atoms with Crippen LogP contribution < -0.4 is 0 Å². The quantitative estimate of drug-likeness (QED) is 0.770. The van der Waals surface area contributed by atoms with Crippen molar-refractivity contribution >= 4 is 17.5 Å². The fraction of sp³-hybridized carbons (Fsp3) is 0.417. The number of rotatable bonds is 6. The molecule has 0 aliphatic rings. The maximum atomic E-state index is 11.7. The maximum Gasteiger partial charge on any atom is 0.224 e. The smallest absolute Gasteiger partial charge is 0.224 e. The van der Waals surface area contributed by atoms with Crippen molar-refractivity contribution < 1.29 is 9.90 Å². The number of halogens is 1. The number of benzene rings is 1. The van der Waals surface area contributed by atoms with Crippen molar-refractivity contribution in [2.24, 2.45) is 0 Å². The highest BCUT2D eigenvalue weighted by molar-refractivity contribution is 6.18. The molecule has 1 aromatic carbocycles. The Labute approximate surface area is 101 Å². The lowest BCUT2D eigenvalue weighted by Crippen LogP contribution is -2.33. The first-order valence-corrected chi connectivity index (χ1v) is 5.80. The first kappa shape index (κ1) is 13.0. The third-order valence-electron chi connectivity index (χ3n) is 2.25. The molecular weight excluding hydrogens is 226 g/mol. The van der Waals surface area contributed by atoms with Crippen molar-refractivity contribution in [1.29, 1.82) is 0 Å². The molecule has 0 fully saturated rings. The van der Waals surface area contributed by atoms with Crippen molar-refractivity contribution in [3.05, 3.63) is 35.9 Å². The summed E-state index contributed by atoms with van der Waals surface area (Å²) in [7, 11) is 0. The molecule has 1 rings (SSSR count). The molecule has 3 nitrogen and oxygen atoms in total. The summed E-state index contributed by atoms with van der Waals surface area (Å²) < 4.78 is 0. The van der Waals surface area contributed by atoms with E-state index in [1.165, 1.54) is 0 Å². The fourth-order valence-electron chi connectivity index (χ4n) is 1.46. The van der Waals surface area contributed by atoms with Crippen LogP contribution in [0.2, 0.25) is 0 Å².